The Labute approximate surface area is 157 Å². The third kappa shape index (κ3) is 5.00. The minimum absolute atomic E-state index is 0.141. The highest BCUT2D eigenvalue weighted by Crippen LogP contribution is 2.19. The van der Waals surface area contributed by atoms with Crippen LogP contribution in [-0.2, 0) is 23.2 Å². The topological polar surface area (TPSA) is 62.2 Å². The summed E-state index contributed by atoms with van der Waals surface area (Å²) in [6.07, 6.45) is 0.992. The molecule has 0 spiro atoms. The lowest BCUT2D eigenvalue weighted by Gasteiger charge is -2.24. The summed E-state index contributed by atoms with van der Waals surface area (Å²) in [5, 5.41) is 16.3. The fourth-order valence-electron chi connectivity index (χ4n) is 2.68. The van der Waals surface area contributed by atoms with Gasteiger partial charge in [-0.1, -0.05) is 60.7 Å². The second-order valence-electron chi connectivity index (χ2n) is 6.49. The molecule has 0 aliphatic carbocycles. The quantitative estimate of drug-likeness (QED) is 0.674. The number of thiazole rings is 1. The van der Waals surface area contributed by atoms with Crippen LogP contribution >= 0.6 is 11.3 Å². The number of amides is 1. The van der Waals surface area contributed by atoms with Crippen molar-refractivity contribution >= 4 is 17.2 Å². The summed E-state index contributed by atoms with van der Waals surface area (Å²) in [6.45, 7) is 1.86. The van der Waals surface area contributed by atoms with Crippen LogP contribution < -0.4 is 5.32 Å². The molecule has 0 aliphatic heterocycles. The first-order chi connectivity index (χ1) is 12.5. The fraction of sp³-hybridized carbons (Fsp3) is 0.238. The lowest BCUT2D eigenvalue weighted by molar-refractivity contribution is -0.121. The summed E-state index contributed by atoms with van der Waals surface area (Å²) < 4.78 is 0. The molecule has 0 unspecified atom stereocenters. The molecule has 5 heteroatoms. The van der Waals surface area contributed by atoms with Crippen molar-refractivity contribution < 1.29 is 9.90 Å². The summed E-state index contributed by atoms with van der Waals surface area (Å²) in [5.41, 5.74) is 1.64. The third-order valence-corrected chi connectivity index (χ3v) is 5.06. The molecule has 3 aromatic rings. The number of carbonyl (C=O) groups excluding carboxylic acids is 1. The first kappa shape index (κ1) is 18.3. The number of hydrogen-bond acceptors (Lipinski definition) is 4. The van der Waals surface area contributed by atoms with Crippen LogP contribution in [0.15, 0.2) is 66.0 Å². The largest absolute Gasteiger partial charge is 0.384 e. The highest BCUT2D eigenvalue weighted by molar-refractivity contribution is 7.09. The van der Waals surface area contributed by atoms with Crippen molar-refractivity contribution in [1.29, 1.82) is 0 Å². The molecule has 0 radical (unpaired) electrons. The van der Waals surface area contributed by atoms with Crippen molar-refractivity contribution in [3.8, 4) is 0 Å². The number of hydrogen-bond donors (Lipinski definition) is 2. The molecule has 1 aromatic heterocycles. The highest BCUT2D eigenvalue weighted by atomic mass is 32.1. The van der Waals surface area contributed by atoms with Gasteiger partial charge in [0.1, 0.15) is 5.60 Å². The van der Waals surface area contributed by atoms with Crippen LogP contribution in [0.3, 0.4) is 0 Å². The average molecular weight is 366 g/mol. The van der Waals surface area contributed by atoms with Crippen LogP contribution in [0.1, 0.15) is 28.8 Å². The average Bonchev–Trinajstić information content (AvgIpc) is 3.08. The van der Waals surface area contributed by atoms with Crippen molar-refractivity contribution in [2.75, 3.05) is 6.54 Å². The zero-order valence-electron chi connectivity index (χ0n) is 14.7. The van der Waals surface area contributed by atoms with E-state index < -0.39 is 5.60 Å². The van der Waals surface area contributed by atoms with Crippen LogP contribution in [0.4, 0.5) is 0 Å². The maximum atomic E-state index is 12.2. The van der Waals surface area contributed by atoms with Gasteiger partial charge in [-0.05, 0) is 18.1 Å². The van der Waals surface area contributed by atoms with E-state index in [1.807, 2.05) is 53.9 Å². The molecule has 0 saturated carbocycles. The normalized spacial score (nSPS) is 13.2. The molecule has 3 rings (SSSR count). The van der Waals surface area contributed by atoms with Crippen molar-refractivity contribution in [3.63, 3.8) is 0 Å². The van der Waals surface area contributed by atoms with Gasteiger partial charge in [0.25, 0.3) is 0 Å². The van der Waals surface area contributed by atoms with E-state index in [-0.39, 0.29) is 18.9 Å². The van der Waals surface area contributed by atoms with E-state index in [2.05, 4.69) is 22.4 Å². The molecule has 26 heavy (non-hydrogen) atoms. The van der Waals surface area contributed by atoms with Gasteiger partial charge in [-0.2, -0.15) is 0 Å². The number of aliphatic hydroxyl groups is 1. The van der Waals surface area contributed by atoms with E-state index in [4.69, 9.17) is 0 Å². The summed E-state index contributed by atoms with van der Waals surface area (Å²) in [6, 6.07) is 19.5. The summed E-state index contributed by atoms with van der Waals surface area (Å²) >= 11 is 1.57. The number of nitrogens with zero attached hydrogens (tertiary/aromatic N) is 1. The van der Waals surface area contributed by atoms with Gasteiger partial charge in [0.2, 0.25) is 5.91 Å². The number of rotatable bonds is 7. The lowest BCUT2D eigenvalue weighted by atomic mass is 9.96. The zero-order chi connectivity index (χ0) is 18.4. The Hall–Kier alpha value is -2.50. The SMILES string of the molecule is C[C@](O)(CNC(=O)Cc1csc(Cc2ccccc2)n1)c1ccccc1. The number of benzene rings is 2. The summed E-state index contributed by atoms with van der Waals surface area (Å²) in [4.78, 5) is 16.7. The van der Waals surface area contributed by atoms with Crippen molar-refractivity contribution in [2.24, 2.45) is 0 Å². The Bertz CT molecular complexity index is 845. The molecule has 1 amide bonds. The predicted molar refractivity (Wildman–Crippen MR) is 104 cm³/mol. The molecular formula is C21H22N2O2S. The van der Waals surface area contributed by atoms with Crippen LogP contribution in [-0.4, -0.2) is 22.5 Å². The van der Waals surface area contributed by atoms with Crippen LogP contribution in [0.2, 0.25) is 0 Å². The standard InChI is InChI=1S/C21H22N2O2S/c1-21(25,17-10-6-3-7-11-17)15-22-19(24)13-18-14-26-20(23-18)12-16-8-4-2-5-9-16/h2-11,14,25H,12-13,15H2,1H3,(H,22,24)/t21-/m0/s1. The van der Waals surface area contributed by atoms with Crippen LogP contribution in [0.5, 0.6) is 0 Å². The van der Waals surface area contributed by atoms with E-state index in [0.29, 0.717) is 0 Å². The minimum Gasteiger partial charge on any atom is -0.384 e. The van der Waals surface area contributed by atoms with Gasteiger partial charge >= 0.3 is 0 Å². The smallest absolute Gasteiger partial charge is 0.226 e. The van der Waals surface area contributed by atoms with Gasteiger partial charge < -0.3 is 10.4 Å². The molecule has 134 valence electrons. The predicted octanol–water partition coefficient (Wildman–Crippen LogP) is 3.30. The van der Waals surface area contributed by atoms with E-state index in [1.54, 1.807) is 18.3 Å². The monoisotopic (exact) mass is 366 g/mol. The molecule has 0 fully saturated rings. The molecule has 2 aromatic carbocycles. The van der Waals surface area contributed by atoms with Crippen molar-refractivity contribution in [1.82, 2.24) is 10.3 Å². The molecule has 0 bridgehead atoms. The Morgan fingerprint density at radius 1 is 1.12 bits per heavy atom. The summed E-state index contributed by atoms with van der Waals surface area (Å²) in [7, 11) is 0. The fourth-order valence-corrected chi connectivity index (χ4v) is 3.51. The van der Waals surface area contributed by atoms with E-state index >= 15 is 0 Å². The summed E-state index contributed by atoms with van der Waals surface area (Å²) in [5.74, 6) is -0.141. The van der Waals surface area contributed by atoms with Gasteiger partial charge in [0.15, 0.2) is 0 Å². The Balaban J connectivity index is 1.52. The van der Waals surface area contributed by atoms with Gasteiger partial charge in [-0.25, -0.2) is 4.98 Å². The maximum absolute atomic E-state index is 12.2. The molecule has 1 heterocycles. The molecular weight excluding hydrogens is 344 g/mol. The zero-order valence-corrected chi connectivity index (χ0v) is 15.5. The molecule has 0 saturated heterocycles. The number of nitrogens with one attached hydrogen (secondary N) is 1. The molecule has 4 nitrogen and oxygen atoms in total. The van der Waals surface area contributed by atoms with Crippen LogP contribution in [0.25, 0.3) is 0 Å². The van der Waals surface area contributed by atoms with Gasteiger partial charge in [-0.3, -0.25) is 4.79 Å². The Morgan fingerprint density at radius 3 is 2.46 bits per heavy atom. The van der Waals surface area contributed by atoms with Gasteiger partial charge in [0.05, 0.1) is 23.7 Å². The highest BCUT2D eigenvalue weighted by Gasteiger charge is 2.23. The number of carbonyl (C=O) groups is 1. The Morgan fingerprint density at radius 2 is 1.77 bits per heavy atom. The van der Waals surface area contributed by atoms with E-state index in [0.717, 1.165) is 22.7 Å². The van der Waals surface area contributed by atoms with Crippen LogP contribution in [0, 0.1) is 0 Å². The molecule has 2 N–H and O–H groups in total. The maximum Gasteiger partial charge on any atom is 0.226 e. The third-order valence-electron chi connectivity index (χ3n) is 4.16. The van der Waals surface area contributed by atoms with Crippen molar-refractivity contribution in [3.05, 3.63) is 87.9 Å². The van der Waals surface area contributed by atoms with Crippen molar-refractivity contribution in [2.45, 2.75) is 25.4 Å². The lowest BCUT2D eigenvalue weighted by Crippen LogP contribution is -2.39. The first-order valence-electron chi connectivity index (χ1n) is 8.55. The molecule has 1 atom stereocenters. The second-order valence-corrected chi connectivity index (χ2v) is 7.43. The van der Waals surface area contributed by atoms with E-state index in [1.165, 1.54) is 5.56 Å². The second kappa shape index (κ2) is 8.25. The van der Waals surface area contributed by atoms with Gasteiger partial charge in [-0.15, -0.1) is 11.3 Å². The molecule has 0 aliphatic rings. The van der Waals surface area contributed by atoms with E-state index in [9.17, 15) is 9.90 Å². The van der Waals surface area contributed by atoms with Gasteiger partial charge in [0, 0.05) is 11.8 Å². The Kier molecular flexibility index (Phi) is 5.81. The number of aromatic nitrogens is 1. The minimum atomic E-state index is -1.10. The first-order valence-corrected chi connectivity index (χ1v) is 9.43.